The molecule has 0 aromatic heterocycles. The lowest BCUT2D eigenvalue weighted by atomic mass is 9.90. The van der Waals surface area contributed by atoms with Gasteiger partial charge in [-0.25, -0.2) is 0 Å². The number of nitrogens with one attached hydrogen (secondary N) is 1. The molecule has 1 fully saturated rings. The molecule has 0 atom stereocenters. The predicted octanol–water partition coefficient (Wildman–Crippen LogP) is 2.45. The van der Waals surface area contributed by atoms with Gasteiger partial charge in [-0.1, -0.05) is 6.07 Å². The third kappa shape index (κ3) is 5.04. The van der Waals surface area contributed by atoms with Gasteiger partial charge in [0.1, 0.15) is 11.3 Å². The molecule has 0 radical (unpaired) electrons. The molecule has 22 heavy (non-hydrogen) atoms. The number of halogens is 4. The Morgan fingerprint density at radius 2 is 1.95 bits per heavy atom. The Morgan fingerprint density at radius 3 is 2.55 bits per heavy atom. The van der Waals surface area contributed by atoms with Crippen molar-refractivity contribution in [2.75, 3.05) is 18.5 Å². The lowest BCUT2D eigenvalue weighted by Crippen LogP contribution is -2.54. The zero-order valence-corrected chi connectivity index (χ0v) is 12.3. The Hall–Kier alpha value is -1.51. The topological polar surface area (TPSA) is 73.6 Å². The molecule has 1 heterocycles. The van der Waals surface area contributed by atoms with E-state index in [1.165, 1.54) is 12.1 Å². The highest BCUT2D eigenvalue weighted by Gasteiger charge is 2.36. The quantitative estimate of drug-likeness (QED) is 0.886. The van der Waals surface area contributed by atoms with E-state index in [1.807, 2.05) is 0 Å². The highest BCUT2D eigenvalue weighted by molar-refractivity contribution is 5.98. The molecule has 0 saturated carbocycles. The van der Waals surface area contributed by atoms with Crippen molar-refractivity contribution in [3.05, 3.63) is 24.3 Å². The predicted molar refractivity (Wildman–Crippen MR) is 76.0 cm³/mol. The highest BCUT2D eigenvalue weighted by atomic mass is 35.5. The first-order chi connectivity index (χ1) is 9.78. The van der Waals surface area contributed by atoms with Crippen molar-refractivity contribution in [3.8, 4) is 5.75 Å². The van der Waals surface area contributed by atoms with Gasteiger partial charge in [-0.05, 0) is 25.0 Å². The van der Waals surface area contributed by atoms with E-state index < -0.39 is 23.6 Å². The summed E-state index contributed by atoms with van der Waals surface area (Å²) in [6.07, 6.45) is -4.06. The summed E-state index contributed by atoms with van der Waals surface area (Å²) >= 11 is 0. The molecule has 3 N–H and O–H groups in total. The molecule has 2 rings (SSSR count). The molecule has 9 heteroatoms. The lowest BCUT2D eigenvalue weighted by Gasteiger charge is -2.31. The summed E-state index contributed by atoms with van der Waals surface area (Å²) < 4.78 is 45.4. The minimum atomic E-state index is -4.78. The molecule has 0 aliphatic carbocycles. The van der Waals surface area contributed by atoms with Crippen LogP contribution in [0.1, 0.15) is 12.8 Å². The number of rotatable bonds is 3. The van der Waals surface area contributed by atoms with Gasteiger partial charge in [0.05, 0.1) is 0 Å². The fraction of sp³-hybridized carbons (Fsp3) is 0.462. The molecule has 0 spiro atoms. The summed E-state index contributed by atoms with van der Waals surface area (Å²) in [5.74, 6) is -0.853. The van der Waals surface area contributed by atoms with Crippen LogP contribution in [-0.4, -0.2) is 31.0 Å². The second kappa shape index (κ2) is 7.17. The molecule has 124 valence electrons. The molecule has 1 aliphatic rings. The molecular weight excluding hydrogens is 325 g/mol. The fourth-order valence-corrected chi connectivity index (χ4v) is 1.99. The summed E-state index contributed by atoms with van der Waals surface area (Å²) in [6.45, 7) is 0.752. The van der Waals surface area contributed by atoms with Gasteiger partial charge < -0.3 is 20.5 Å². The summed E-state index contributed by atoms with van der Waals surface area (Å²) in [4.78, 5) is 12.1. The van der Waals surface area contributed by atoms with Crippen LogP contribution >= 0.6 is 12.4 Å². The first kappa shape index (κ1) is 18.5. The molecule has 0 unspecified atom stereocenters. The summed E-state index contributed by atoms with van der Waals surface area (Å²) in [5.41, 5.74) is 5.11. The molecule has 1 aliphatic heterocycles. The standard InChI is InChI=1S/C13H15F3N2O3.ClH/c14-13(15,16)21-10-3-1-2-9(8-10)18-11(19)12(17)4-6-20-7-5-12;/h1-3,8H,4-7,17H2,(H,18,19);1H. The van der Waals surface area contributed by atoms with Crippen LogP contribution in [0.4, 0.5) is 18.9 Å². The van der Waals surface area contributed by atoms with Gasteiger partial charge in [0.2, 0.25) is 5.91 Å². The van der Waals surface area contributed by atoms with Crippen molar-refractivity contribution in [1.82, 2.24) is 0 Å². The average Bonchev–Trinajstić information content (AvgIpc) is 2.38. The van der Waals surface area contributed by atoms with E-state index in [9.17, 15) is 18.0 Å². The smallest absolute Gasteiger partial charge is 0.406 e. The van der Waals surface area contributed by atoms with Gasteiger partial charge in [0.25, 0.3) is 0 Å². The number of hydrogen-bond donors (Lipinski definition) is 2. The van der Waals surface area contributed by atoms with Crippen LogP contribution in [0.25, 0.3) is 0 Å². The first-order valence-electron chi connectivity index (χ1n) is 6.32. The number of carbonyl (C=O) groups is 1. The van der Waals surface area contributed by atoms with E-state index in [1.54, 1.807) is 0 Å². The molecule has 1 aromatic rings. The molecule has 0 bridgehead atoms. The molecule has 1 amide bonds. The minimum Gasteiger partial charge on any atom is -0.406 e. The number of carbonyl (C=O) groups excluding carboxylic acids is 1. The van der Waals surface area contributed by atoms with Gasteiger partial charge in [0.15, 0.2) is 0 Å². The Kier molecular flexibility index (Phi) is 6.04. The first-order valence-corrected chi connectivity index (χ1v) is 6.32. The fourth-order valence-electron chi connectivity index (χ4n) is 1.99. The number of amides is 1. The molecule has 1 aromatic carbocycles. The van der Waals surface area contributed by atoms with E-state index in [-0.39, 0.29) is 18.1 Å². The van der Waals surface area contributed by atoms with Crippen LogP contribution in [0.15, 0.2) is 24.3 Å². The largest absolute Gasteiger partial charge is 0.573 e. The maximum absolute atomic E-state index is 12.1. The normalized spacial score (nSPS) is 17.3. The lowest BCUT2D eigenvalue weighted by molar-refractivity contribution is -0.274. The van der Waals surface area contributed by atoms with E-state index in [2.05, 4.69) is 10.1 Å². The molecule has 1 saturated heterocycles. The van der Waals surface area contributed by atoms with Crippen LogP contribution in [-0.2, 0) is 9.53 Å². The Balaban J connectivity index is 0.00000242. The van der Waals surface area contributed by atoms with Crippen molar-refractivity contribution in [2.24, 2.45) is 5.73 Å². The Bertz CT molecular complexity index is 519. The molecule has 5 nitrogen and oxygen atoms in total. The van der Waals surface area contributed by atoms with Gasteiger partial charge in [-0.2, -0.15) is 0 Å². The Morgan fingerprint density at radius 1 is 1.32 bits per heavy atom. The third-order valence-electron chi connectivity index (χ3n) is 3.16. The number of ether oxygens (including phenoxy) is 2. The van der Waals surface area contributed by atoms with Crippen molar-refractivity contribution in [1.29, 1.82) is 0 Å². The van der Waals surface area contributed by atoms with Gasteiger partial charge in [-0.3, -0.25) is 4.79 Å². The van der Waals surface area contributed by atoms with E-state index in [4.69, 9.17) is 10.5 Å². The average molecular weight is 341 g/mol. The third-order valence-corrected chi connectivity index (χ3v) is 3.16. The second-order valence-electron chi connectivity index (χ2n) is 4.80. The molecular formula is C13H16ClF3N2O3. The highest BCUT2D eigenvalue weighted by Crippen LogP contribution is 2.26. The second-order valence-corrected chi connectivity index (χ2v) is 4.80. The van der Waals surface area contributed by atoms with E-state index in [0.717, 1.165) is 12.1 Å². The number of nitrogens with two attached hydrogens (primary N) is 1. The van der Waals surface area contributed by atoms with Crippen molar-refractivity contribution < 1.29 is 27.4 Å². The van der Waals surface area contributed by atoms with E-state index in [0.29, 0.717) is 26.1 Å². The maximum Gasteiger partial charge on any atom is 0.573 e. The number of anilines is 1. The van der Waals surface area contributed by atoms with Crippen molar-refractivity contribution in [2.45, 2.75) is 24.7 Å². The summed E-state index contributed by atoms with van der Waals surface area (Å²) in [7, 11) is 0. The van der Waals surface area contributed by atoms with Crippen LogP contribution < -0.4 is 15.8 Å². The zero-order valence-electron chi connectivity index (χ0n) is 11.5. The number of hydrogen-bond acceptors (Lipinski definition) is 4. The van der Waals surface area contributed by atoms with Gasteiger partial charge in [0, 0.05) is 25.0 Å². The number of alkyl halides is 3. The van der Waals surface area contributed by atoms with Crippen LogP contribution in [0, 0.1) is 0 Å². The number of benzene rings is 1. The van der Waals surface area contributed by atoms with Gasteiger partial charge >= 0.3 is 6.36 Å². The summed E-state index contributed by atoms with van der Waals surface area (Å²) in [5, 5.41) is 2.51. The Labute approximate surface area is 131 Å². The van der Waals surface area contributed by atoms with Crippen molar-refractivity contribution in [3.63, 3.8) is 0 Å². The van der Waals surface area contributed by atoms with Crippen LogP contribution in [0.2, 0.25) is 0 Å². The maximum atomic E-state index is 12.1. The van der Waals surface area contributed by atoms with Crippen molar-refractivity contribution >= 4 is 24.0 Å². The monoisotopic (exact) mass is 340 g/mol. The minimum absolute atomic E-state index is 0. The summed E-state index contributed by atoms with van der Waals surface area (Å²) in [6, 6.07) is 5.05. The van der Waals surface area contributed by atoms with Crippen LogP contribution in [0.3, 0.4) is 0 Å². The van der Waals surface area contributed by atoms with Crippen LogP contribution in [0.5, 0.6) is 5.75 Å². The van der Waals surface area contributed by atoms with Gasteiger partial charge in [-0.15, -0.1) is 25.6 Å². The SMILES string of the molecule is Cl.NC1(C(=O)Nc2cccc(OC(F)(F)F)c2)CCOCC1. The van der Waals surface area contributed by atoms with E-state index >= 15 is 0 Å². The zero-order chi connectivity index (χ0) is 15.5.